The minimum absolute atomic E-state index is 0.00378. The number of rotatable bonds is 3. The van der Waals surface area contributed by atoms with E-state index in [1.54, 1.807) is 0 Å². The zero-order valence-electron chi connectivity index (χ0n) is 10.6. The molecule has 2 unspecified atom stereocenters. The van der Waals surface area contributed by atoms with E-state index in [1.807, 2.05) is 36.9 Å². The standard InChI is InChI=1S/C13H21N3O/c1-13(7-3-6-11(13)14)12(17)15-9-10-5-4-8-16(10)2/h4-5,8,11H,3,6-7,9,14H2,1-2H3,(H,15,17). The highest BCUT2D eigenvalue weighted by Crippen LogP contribution is 2.36. The number of aromatic nitrogens is 1. The van der Waals surface area contributed by atoms with Gasteiger partial charge >= 0.3 is 0 Å². The molecule has 0 aliphatic heterocycles. The molecule has 2 rings (SSSR count). The lowest BCUT2D eigenvalue weighted by Crippen LogP contribution is -2.47. The van der Waals surface area contributed by atoms with E-state index in [9.17, 15) is 4.79 Å². The second kappa shape index (κ2) is 4.53. The van der Waals surface area contributed by atoms with E-state index < -0.39 is 0 Å². The molecule has 0 spiro atoms. The summed E-state index contributed by atoms with van der Waals surface area (Å²) in [5.74, 6) is 0.0868. The predicted molar refractivity (Wildman–Crippen MR) is 67.2 cm³/mol. The average molecular weight is 235 g/mol. The Balaban J connectivity index is 1.96. The van der Waals surface area contributed by atoms with Crippen LogP contribution in [0.4, 0.5) is 0 Å². The van der Waals surface area contributed by atoms with E-state index in [1.165, 1.54) is 0 Å². The molecule has 1 heterocycles. The summed E-state index contributed by atoms with van der Waals surface area (Å²) in [6, 6.07) is 3.98. The number of nitrogens with two attached hydrogens (primary N) is 1. The van der Waals surface area contributed by atoms with Crippen LogP contribution in [0.1, 0.15) is 31.9 Å². The normalized spacial score (nSPS) is 28.3. The van der Waals surface area contributed by atoms with Crippen LogP contribution < -0.4 is 11.1 Å². The van der Waals surface area contributed by atoms with E-state index >= 15 is 0 Å². The lowest BCUT2D eigenvalue weighted by atomic mass is 9.84. The van der Waals surface area contributed by atoms with Crippen molar-refractivity contribution in [2.75, 3.05) is 0 Å². The number of nitrogens with zero attached hydrogens (tertiary/aromatic N) is 1. The topological polar surface area (TPSA) is 60.0 Å². The fourth-order valence-electron chi connectivity index (χ4n) is 2.53. The Hall–Kier alpha value is -1.29. The fraction of sp³-hybridized carbons (Fsp3) is 0.615. The van der Waals surface area contributed by atoms with Gasteiger partial charge in [0.05, 0.1) is 12.0 Å². The van der Waals surface area contributed by atoms with Gasteiger partial charge in [0.2, 0.25) is 5.91 Å². The number of carbonyl (C=O) groups excluding carboxylic acids is 1. The van der Waals surface area contributed by atoms with Crippen LogP contribution in [0.15, 0.2) is 18.3 Å². The summed E-state index contributed by atoms with van der Waals surface area (Å²) in [4.78, 5) is 12.2. The first-order valence-electron chi connectivity index (χ1n) is 6.18. The Morgan fingerprint density at radius 3 is 3.00 bits per heavy atom. The predicted octanol–water partition coefficient (Wildman–Crippen LogP) is 1.16. The largest absolute Gasteiger partial charge is 0.353 e. The minimum atomic E-state index is -0.384. The number of aryl methyl sites for hydroxylation is 1. The molecule has 0 saturated heterocycles. The van der Waals surface area contributed by atoms with E-state index in [4.69, 9.17) is 5.73 Å². The monoisotopic (exact) mass is 235 g/mol. The molecule has 0 bridgehead atoms. The molecule has 94 valence electrons. The van der Waals surface area contributed by atoms with Gasteiger partial charge in [0.15, 0.2) is 0 Å². The van der Waals surface area contributed by atoms with E-state index in [0.717, 1.165) is 25.0 Å². The number of nitrogens with one attached hydrogen (secondary N) is 1. The van der Waals surface area contributed by atoms with Gasteiger partial charge in [0.1, 0.15) is 0 Å². The Morgan fingerprint density at radius 1 is 1.71 bits per heavy atom. The third kappa shape index (κ3) is 2.22. The number of carbonyl (C=O) groups is 1. The Bertz CT molecular complexity index is 413. The van der Waals surface area contributed by atoms with Gasteiger partial charge in [-0.05, 0) is 31.9 Å². The molecule has 1 aliphatic rings. The molecule has 1 fully saturated rings. The minimum Gasteiger partial charge on any atom is -0.353 e. The van der Waals surface area contributed by atoms with Crippen molar-refractivity contribution in [1.82, 2.24) is 9.88 Å². The van der Waals surface area contributed by atoms with Gasteiger partial charge < -0.3 is 15.6 Å². The van der Waals surface area contributed by atoms with Crippen LogP contribution in [-0.2, 0) is 18.4 Å². The average Bonchev–Trinajstić information content (AvgIpc) is 2.84. The van der Waals surface area contributed by atoms with Gasteiger partial charge in [-0.2, -0.15) is 0 Å². The molecule has 2 atom stereocenters. The van der Waals surface area contributed by atoms with Gasteiger partial charge in [0.25, 0.3) is 0 Å². The Morgan fingerprint density at radius 2 is 2.47 bits per heavy atom. The van der Waals surface area contributed by atoms with E-state index in [0.29, 0.717) is 6.54 Å². The maximum Gasteiger partial charge on any atom is 0.227 e. The zero-order valence-corrected chi connectivity index (χ0v) is 10.6. The summed E-state index contributed by atoms with van der Waals surface area (Å²) in [6.07, 6.45) is 4.88. The highest BCUT2D eigenvalue weighted by Gasteiger charge is 2.42. The van der Waals surface area contributed by atoms with Crippen LogP contribution in [0, 0.1) is 5.41 Å². The first-order valence-corrected chi connectivity index (χ1v) is 6.18. The summed E-state index contributed by atoms with van der Waals surface area (Å²) in [5.41, 5.74) is 6.75. The molecular formula is C13H21N3O. The lowest BCUT2D eigenvalue weighted by Gasteiger charge is -2.27. The van der Waals surface area contributed by atoms with Crippen LogP contribution in [0.3, 0.4) is 0 Å². The van der Waals surface area contributed by atoms with Crippen molar-refractivity contribution in [1.29, 1.82) is 0 Å². The van der Waals surface area contributed by atoms with E-state index in [-0.39, 0.29) is 17.4 Å². The lowest BCUT2D eigenvalue weighted by molar-refractivity contribution is -0.130. The summed E-state index contributed by atoms with van der Waals surface area (Å²) in [7, 11) is 1.98. The molecule has 17 heavy (non-hydrogen) atoms. The second-order valence-electron chi connectivity index (χ2n) is 5.21. The van der Waals surface area contributed by atoms with Gasteiger partial charge in [-0.25, -0.2) is 0 Å². The highest BCUT2D eigenvalue weighted by atomic mass is 16.2. The quantitative estimate of drug-likeness (QED) is 0.826. The van der Waals surface area contributed by atoms with Crippen molar-refractivity contribution in [3.05, 3.63) is 24.0 Å². The van der Waals surface area contributed by atoms with Crippen molar-refractivity contribution in [2.45, 2.75) is 38.8 Å². The molecule has 0 aromatic carbocycles. The van der Waals surface area contributed by atoms with Crippen LogP contribution in [0.2, 0.25) is 0 Å². The summed E-state index contributed by atoms with van der Waals surface area (Å²) >= 11 is 0. The van der Waals surface area contributed by atoms with Gasteiger partial charge in [-0.1, -0.05) is 6.42 Å². The Labute approximate surface area is 102 Å². The smallest absolute Gasteiger partial charge is 0.227 e. The maximum absolute atomic E-state index is 12.2. The molecule has 1 amide bonds. The van der Waals surface area contributed by atoms with E-state index in [2.05, 4.69) is 5.32 Å². The zero-order chi connectivity index (χ0) is 12.5. The van der Waals surface area contributed by atoms with Crippen molar-refractivity contribution < 1.29 is 4.79 Å². The van der Waals surface area contributed by atoms with Gasteiger partial charge in [-0.3, -0.25) is 4.79 Å². The molecular weight excluding hydrogens is 214 g/mol. The molecule has 4 nitrogen and oxygen atoms in total. The van der Waals surface area contributed by atoms with Gasteiger partial charge in [-0.15, -0.1) is 0 Å². The molecule has 1 aliphatic carbocycles. The fourth-order valence-corrected chi connectivity index (χ4v) is 2.53. The molecule has 3 N–H and O–H groups in total. The first kappa shape index (κ1) is 12.2. The highest BCUT2D eigenvalue weighted by molar-refractivity contribution is 5.83. The summed E-state index contributed by atoms with van der Waals surface area (Å²) < 4.78 is 2.01. The maximum atomic E-state index is 12.2. The van der Waals surface area contributed by atoms with Crippen LogP contribution >= 0.6 is 0 Å². The number of hydrogen-bond acceptors (Lipinski definition) is 2. The van der Waals surface area contributed by atoms with Crippen molar-refractivity contribution in [3.8, 4) is 0 Å². The summed E-state index contributed by atoms with van der Waals surface area (Å²) in [5, 5.41) is 3.00. The third-order valence-electron chi connectivity index (χ3n) is 4.03. The van der Waals surface area contributed by atoms with Gasteiger partial charge in [0, 0.05) is 25.0 Å². The second-order valence-corrected chi connectivity index (χ2v) is 5.21. The van der Waals surface area contributed by atoms with Crippen molar-refractivity contribution in [2.24, 2.45) is 18.2 Å². The van der Waals surface area contributed by atoms with Crippen LogP contribution in [0.5, 0.6) is 0 Å². The molecule has 0 radical (unpaired) electrons. The SMILES string of the molecule is Cn1cccc1CNC(=O)C1(C)CCCC1N. The number of amides is 1. The number of hydrogen-bond donors (Lipinski definition) is 2. The first-order chi connectivity index (χ1) is 8.04. The van der Waals surface area contributed by atoms with Crippen molar-refractivity contribution >= 4 is 5.91 Å². The Kier molecular flexibility index (Phi) is 3.24. The summed E-state index contributed by atoms with van der Waals surface area (Å²) in [6.45, 7) is 2.55. The van der Waals surface area contributed by atoms with Crippen molar-refractivity contribution in [3.63, 3.8) is 0 Å². The molecule has 4 heteroatoms. The molecule has 1 aromatic heterocycles. The molecule has 1 aromatic rings. The molecule has 1 saturated carbocycles. The van der Waals surface area contributed by atoms with Crippen LogP contribution in [0.25, 0.3) is 0 Å². The third-order valence-corrected chi connectivity index (χ3v) is 4.03. The van der Waals surface area contributed by atoms with Crippen LogP contribution in [-0.4, -0.2) is 16.5 Å².